The van der Waals surface area contributed by atoms with Gasteiger partial charge in [0, 0.05) is 31.9 Å². The predicted molar refractivity (Wildman–Crippen MR) is 144 cm³/mol. The van der Waals surface area contributed by atoms with E-state index in [0.717, 1.165) is 52.2 Å². The Morgan fingerprint density at radius 3 is 2.29 bits per heavy atom. The van der Waals surface area contributed by atoms with E-state index in [1.54, 1.807) is 0 Å². The predicted octanol–water partition coefficient (Wildman–Crippen LogP) is 6.47. The number of morpholine rings is 1. The third-order valence-electron chi connectivity index (χ3n) is 6.90. The van der Waals surface area contributed by atoms with E-state index < -0.39 is 5.60 Å². The van der Waals surface area contributed by atoms with Crippen molar-refractivity contribution in [3.63, 3.8) is 0 Å². The molecule has 2 aromatic carbocycles. The number of rotatable bonds is 4. The highest BCUT2D eigenvalue weighted by molar-refractivity contribution is 5.82. The maximum Gasteiger partial charge on any atom is 0.410 e. The third kappa shape index (κ3) is 6.46. The topological polar surface area (TPSA) is 42.0 Å². The van der Waals surface area contributed by atoms with Crippen molar-refractivity contribution in [3.05, 3.63) is 59.2 Å². The molecule has 2 fully saturated rings. The molecular formula is C30H40N2O3. The monoisotopic (exact) mass is 476 g/mol. The average Bonchev–Trinajstić information content (AvgIpc) is 2.83. The van der Waals surface area contributed by atoms with Crippen molar-refractivity contribution in [1.82, 2.24) is 4.90 Å². The molecule has 5 heteroatoms. The second-order valence-corrected chi connectivity index (χ2v) is 10.8. The van der Waals surface area contributed by atoms with Crippen LogP contribution in [-0.2, 0) is 9.47 Å². The number of carbonyl (C=O) groups is 1. The maximum atomic E-state index is 12.4. The quantitative estimate of drug-likeness (QED) is 0.507. The maximum absolute atomic E-state index is 12.4. The van der Waals surface area contributed by atoms with Crippen LogP contribution in [0.1, 0.15) is 50.3 Å². The van der Waals surface area contributed by atoms with Crippen molar-refractivity contribution in [2.45, 2.75) is 53.1 Å². The first-order chi connectivity index (χ1) is 16.7. The van der Waals surface area contributed by atoms with Crippen LogP contribution in [0.2, 0.25) is 0 Å². The zero-order chi connectivity index (χ0) is 25.0. The molecule has 2 saturated heterocycles. The van der Waals surface area contributed by atoms with E-state index in [4.69, 9.17) is 9.47 Å². The number of carbonyl (C=O) groups excluding carboxylic acids is 1. The lowest BCUT2D eigenvalue weighted by Crippen LogP contribution is -2.41. The number of amides is 1. The highest BCUT2D eigenvalue weighted by Gasteiger charge is 2.26. The average molecular weight is 477 g/mol. The molecule has 2 aliphatic heterocycles. The molecule has 0 aromatic heterocycles. The van der Waals surface area contributed by atoms with Gasteiger partial charge >= 0.3 is 6.09 Å². The molecule has 0 unspecified atom stereocenters. The van der Waals surface area contributed by atoms with Crippen LogP contribution in [0.25, 0.3) is 17.2 Å². The van der Waals surface area contributed by atoms with E-state index >= 15 is 0 Å². The molecule has 0 N–H and O–H groups in total. The SMILES string of the molecule is Cc1cccc(C)c1-c1cc(N2CCOCC2)ccc1/C=C/C1CCN(C(=O)OC(C)(C)C)CC1. The molecule has 2 aliphatic rings. The highest BCUT2D eigenvalue weighted by atomic mass is 16.6. The smallest absolute Gasteiger partial charge is 0.410 e. The van der Waals surface area contributed by atoms with Crippen LogP contribution in [-0.4, -0.2) is 56.0 Å². The number of hydrogen-bond donors (Lipinski definition) is 0. The Morgan fingerprint density at radius 1 is 1.00 bits per heavy atom. The Kier molecular flexibility index (Phi) is 7.85. The number of likely N-dealkylation sites (tertiary alicyclic amines) is 1. The van der Waals surface area contributed by atoms with Crippen molar-refractivity contribution in [3.8, 4) is 11.1 Å². The first kappa shape index (κ1) is 25.3. The number of hydrogen-bond acceptors (Lipinski definition) is 4. The van der Waals surface area contributed by atoms with Gasteiger partial charge in [-0.25, -0.2) is 4.79 Å². The summed E-state index contributed by atoms with van der Waals surface area (Å²) in [5, 5.41) is 0. The van der Waals surface area contributed by atoms with Gasteiger partial charge in [0.05, 0.1) is 13.2 Å². The summed E-state index contributed by atoms with van der Waals surface area (Å²) in [5.41, 5.74) is 7.25. The Bertz CT molecular complexity index is 1040. The Morgan fingerprint density at radius 2 is 1.66 bits per heavy atom. The van der Waals surface area contributed by atoms with Gasteiger partial charge in [0.15, 0.2) is 0 Å². The number of benzene rings is 2. The van der Waals surface area contributed by atoms with Gasteiger partial charge in [-0.1, -0.05) is 36.4 Å². The first-order valence-corrected chi connectivity index (χ1v) is 12.9. The minimum absolute atomic E-state index is 0.198. The standard InChI is InChI=1S/C30H40N2O3/c1-22-7-6-8-23(2)28(22)27-21-26(31-17-19-34-20-18-31)12-11-25(27)10-9-24-13-15-32(16-14-24)29(33)35-30(3,4)5/h6-12,21,24H,13-20H2,1-5H3/b10-9+. The molecule has 188 valence electrons. The van der Waals surface area contributed by atoms with E-state index in [2.05, 4.69) is 67.3 Å². The minimum atomic E-state index is -0.453. The molecule has 0 spiro atoms. The van der Waals surface area contributed by atoms with E-state index in [1.807, 2.05) is 25.7 Å². The van der Waals surface area contributed by atoms with E-state index in [9.17, 15) is 4.79 Å². The lowest BCUT2D eigenvalue weighted by Gasteiger charge is -2.32. The lowest BCUT2D eigenvalue weighted by molar-refractivity contribution is 0.0197. The number of allylic oxidation sites excluding steroid dienone is 1. The highest BCUT2D eigenvalue weighted by Crippen LogP contribution is 2.35. The molecule has 2 aromatic rings. The molecule has 2 heterocycles. The number of anilines is 1. The molecule has 0 atom stereocenters. The summed E-state index contributed by atoms with van der Waals surface area (Å²) in [4.78, 5) is 16.7. The van der Waals surface area contributed by atoms with Crippen molar-refractivity contribution in [1.29, 1.82) is 0 Å². The minimum Gasteiger partial charge on any atom is -0.444 e. The first-order valence-electron chi connectivity index (χ1n) is 12.9. The van der Waals surface area contributed by atoms with Gasteiger partial charge in [0.1, 0.15) is 5.60 Å². The van der Waals surface area contributed by atoms with Crippen LogP contribution in [0.3, 0.4) is 0 Å². The molecule has 4 rings (SSSR count). The summed E-state index contributed by atoms with van der Waals surface area (Å²) in [5.74, 6) is 0.457. The third-order valence-corrected chi connectivity index (χ3v) is 6.90. The van der Waals surface area contributed by atoms with Crippen molar-refractivity contribution >= 4 is 17.9 Å². The lowest BCUT2D eigenvalue weighted by atomic mass is 9.90. The van der Waals surface area contributed by atoms with Gasteiger partial charge in [-0.15, -0.1) is 0 Å². The van der Waals surface area contributed by atoms with Crippen LogP contribution in [0, 0.1) is 19.8 Å². The zero-order valence-electron chi connectivity index (χ0n) is 22.0. The van der Waals surface area contributed by atoms with Crippen LogP contribution >= 0.6 is 0 Å². The Balaban J connectivity index is 1.54. The van der Waals surface area contributed by atoms with Gasteiger partial charge in [-0.3, -0.25) is 0 Å². The summed E-state index contributed by atoms with van der Waals surface area (Å²) in [6.07, 6.45) is 6.35. The molecule has 1 amide bonds. The summed E-state index contributed by atoms with van der Waals surface area (Å²) in [6, 6.07) is 13.4. The van der Waals surface area contributed by atoms with Crippen LogP contribution in [0.4, 0.5) is 10.5 Å². The molecule has 0 radical (unpaired) electrons. The fourth-order valence-corrected chi connectivity index (χ4v) is 5.00. The molecular weight excluding hydrogens is 436 g/mol. The van der Waals surface area contributed by atoms with Crippen LogP contribution in [0.5, 0.6) is 0 Å². The van der Waals surface area contributed by atoms with E-state index in [0.29, 0.717) is 5.92 Å². The summed E-state index contributed by atoms with van der Waals surface area (Å²) in [7, 11) is 0. The van der Waals surface area contributed by atoms with Crippen molar-refractivity contribution in [2.75, 3.05) is 44.3 Å². The van der Waals surface area contributed by atoms with Gasteiger partial charge in [0.2, 0.25) is 0 Å². The van der Waals surface area contributed by atoms with Gasteiger partial charge < -0.3 is 19.3 Å². The molecule has 0 aliphatic carbocycles. The van der Waals surface area contributed by atoms with Crippen LogP contribution < -0.4 is 4.90 Å². The zero-order valence-corrected chi connectivity index (χ0v) is 22.0. The summed E-state index contributed by atoms with van der Waals surface area (Å²) >= 11 is 0. The van der Waals surface area contributed by atoms with Crippen LogP contribution in [0.15, 0.2) is 42.5 Å². The van der Waals surface area contributed by atoms with Crippen molar-refractivity contribution < 1.29 is 14.3 Å². The molecule has 0 saturated carbocycles. The fraction of sp³-hybridized carbons (Fsp3) is 0.500. The molecule has 5 nitrogen and oxygen atoms in total. The van der Waals surface area contributed by atoms with E-state index in [-0.39, 0.29) is 6.09 Å². The van der Waals surface area contributed by atoms with Gasteiger partial charge in [-0.05, 0) is 93.3 Å². The summed E-state index contributed by atoms with van der Waals surface area (Å²) in [6.45, 7) is 15.0. The van der Waals surface area contributed by atoms with Gasteiger partial charge in [0.25, 0.3) is 0 Å². The summed E-state index contributed by atoms with van der Waals surface area (Å²) < 4.78 is 11.1. The number of nitrogens with zero attached hydrogens (tertiary/aromatic N) is 2. The van der Waals surface area contributed by atoms with E-state index in [1.165, 1.54) is 33.5 Å². The Hall–Kier alpha value is -2.79. The largest absolute Gasteiger partial charge is 0.444 e. The molecule has 35 heavy (non-hydrogen) atoms. The normalized spacial score (nSPS) is 17.7. The fourth-order valence-electron chi connectivity index (χ4n) is 5.00. The second kappa shape index (κ2) is 10.9. The van der Waals surface area contributed by atoms with Gasteiger partial charge in [-0.2, -0.15) is 0 Å². The Labute approximate surface area is 210 Å². The molecule has 0 bridgehead atoms. The second-order valence-electron chi connectivity index (χ2n) is 10.8. The van der Waals surface area contributed by atoms with Crippen molar-refractivity contribution in [2.24, 2.45) is 5.92 Å². The number of ether oxygens (including phenoxy) is 2. The number of piperidine rings is 1. The number of aryl methyl sites for hydroxylation is 2.